The predicted octanol–water partition coefficient (Wildman–Crippen LogP) is 2.26. The van der Waals surface area contributed by atoms with E-state index in [1.54, 1.807) is 37.3 Å². The second-order valence-electron chi connectivity index (χ2n) is 5.48. The molecule has 1 heterocycles. The van der Waals surface area contributed by atoms with Crippen molar-refractivity contribution in [3.8, 4) is 0 Å². The number of aryl methyl sites for hydroxylation is 1. The normalized spacial score (nSPS) is 20.2. The Hall–Kier alpha value is -2.02. The number of Topliss-reactive ketones (excluding diaryl/α,β-unsaturated/α-hetero) is 1. The Bertz CT molecular complexity index is 783. The van der Waals surface area contributed by atoms with Gasteiger partial charge in [-0.15, -0.1) is 10.2 Å². The molecule has 1 aliphatic rings. The molecule has 2 atom stereocenters. The first-order valence-electron chi connectivity index (χ1n) is 7.09. The number of ketones is 1. The summed E-state index contributed by atoms with van der Waals surface area (Å²) in [5.41, 5.74) is 0. The highest BCUT2D eigenvalue weighted by molar-refractivity contribution is 7.91. The van der Waals surface area contributed by atoms with E-state index in [9.17, 15) is 13.2 Å². The fourth-order valence-corrected chi connectivity index (χ4v) is 4.80. The Balaban J connectivity index is 2.07. The SMILES string of the molecule is Cc1nnc(C(C2CCC(=O)C2)S(=O)(=O)c2ccccc2)o1. The first kappa shape index (κ1) is 14.9. The van der Waals surface area contributed by atoms with Crippen molar-refractivity contribution in [2.75, 3.05) is 0 Å². The van der Waals surface area contributed by atoms with Gasteiger partial charge in [-0.3, -0.25) is 4.79 Å². The second-order valence-corrected chi connectivity index (χ2v) is 7.55. The number of hydrogen-bond acceptors (Lipinski definition) is 6. The van der Waals surface area contributed by atoms with Gasteiger partial charge in [0, 0.05) is 19.8 Å². The predicted molar refractivity (Wildman–Crippen MR) is 77.8 cm³/mol. The third kappa shape index (κ3) is 2.68. The molecular weight excluding hydrogens is 304 g/mol. The Morgan fingerprint density at radius 2 is 1.95 bits per heavy atom. The average molecular weight is 320 g/mol. The molecule has 0 saturated heterocycles. The lowest BCUT2D eigenvalue weighted by molar-refractivity contribution is -0.117. The molecule has 6 nitrogen and oxygen atoms in total. The third-order valence-electron chi connectivity index (χ3n) is 3.90. The maximum Gasteiger partial charge on any atom is 0.235 e. The molecule has 2 aromatic rings. The van der Waals surface area contributed by atoms with Gasteiger partial charge in [-0.05, 0) is 24.5 Å². The lowest BCUT2D eigenvalue weighted by Gasteiger charge is -2.19. The first-order chi connectivity index (χ1) is 10.5. The average Bonchev–Trinajstić information content (AvgIpc) is 3.09. The van der Waals surface area contributed by atoms with E-state index in [4.69, 9.17) is 4.42 Å². The Morgan fingerprint density at radius 1 is 1.23 bits per heavy atom. The number of carbonyl (C=O) groups excluding carboxylic acids is 1. The van der Waals surface area contributed by atoms with Crippen LogP contribution in [0.5, 0.6) is 0 Å². The topological polar surface area (TPSA) is 90.1 Å². The van der Waals surface area contributed by atoms with Gasteiger partial charge < -0.3 is 4.42 Å². The van der Waals surface area contributed by atoms with E-state index in [1.807, 2.05) is 0 Å². The number of benzene rings is 1. The summed E-state index contributed by atoms with van der Waals surface area (Å²) in [6.07, 6.45) is 1.16. The smallest absolute Gasteiger partial charge is 0.235 e. The van der Waals surface area contributed by atoms with Gasteiger partial charge in [0.25, 0.3) is 0 Å². The summed E-state index contributed by atoms with van der Waals surface area (Å²) < 4.78 is 31.4. The zero-order valence-corrected chi connectivity index (χ0v) is 12.9. The van der Waals surface area contributed by atoms with Gasteiger partial charge in [0.05, 0.1) is 4.90 Å². The summed E-state index contributed by atoms with van der Waals surface area (Å²) in [7, 11) is -3.70. The highest BCUT2D eigenvalue weighted by Crippen LogP contribution is 2.41. The molecular formula is C15H16N2O4S. The van der Waals surface area contributed by atoms with E-state index in [1.165, 1.54) is 0 Å². The van der Waals surface area contributed by atoms with Crippen molar-refractivity contribution in [2.24, 2.45) is 5.92 Å². The molecule has 0 aliphatic heterocycles. The molecule has 1 fully saturated rings. The molecule has 1 aliphatic carbocycles. The van der Waals surface area contributed by atoms with Crippen LogP contribution in [0.3, 0.4) is 0 Å². The molecule has 22 heavy (non-hydrogen) atoms. The van der Waals surface area contributed by atoms with Crippen LogP contribution in [-0.2, 0) is 14.6 Å². The van der Waals surface area contributed by atoms with E-state index >= 15 is 0 Å². The van der Waals surface area contributed by atoms with E-state index in [-0.39, 0.29) is 28.9 Å². The molecule has 1 aromatic carbocycles. The van der Waals surface area contributed by atoms with Crippen molar-refractivity contribution in [3.63, 3.8) is 0 Å². The zero-order chi connectivity index (χ0) is 15.7. The number of rotatable bonds is 4. The molecule has 0 bridgehead atoms. The van der Waals surface area contributed by atoms with Crippen LogP contribution in [0.1, 0.15) is 36.3 Å². The van der Waals surface area contributed by atoms with Crippen molar-refractivity contribution in [1.29, 1.82) is 0 Å². The summed E-state index contributed by atoms with van der Waals surface area (Å²) in [6, 6.07) is 8.18. The summed E-state index contributed by atoms with van der Waals surface area (Å²) >= 11 is 0. The number of aromatic nitrogens is 2. The number of carbonyl (C=O) groups is 1. The summed E-state index contributed by atoms with van der Waals surface area (Å²) in [5, 5.41) is 6.67. The van der Waals surface area contributed by atoms with Gasteiger partial charge in [0.1, 0.15) is 11.0 Å². The maximum atomic E-state index is 13.0. The molecule has 1 aromatic heterocycles. The van der Waals surface area contributed by atoms with Gasteiger partial charge in [-0.1, -0.05) is 18.2 Å². The van der Waals surface area contributed by atoms with Crippen LogP contribution in [0, 0.1) is 12.8 Å². The zero-order valence-electron chi connectivity index (χ0n) is 12.1. The van der Waals surface area contributed by atoms with E-state index in [2.05, 4.69) is 10.2 Å². The molecule has 1 saturated carbocycles. The maximum absolute atomic E-state index is 13.0. The highest BCUT2D eigenvalue weighted by Gasteiger charge is 2.43. The molecule has 2 unspecified atom stereocenters. The number of hydrogen-bond donors (Lipinski definition) is 0. The number of sulfone groups is 1. The molecule has 116 valence electrons. The highest BCUT2D eigenvalue weighted by atomic mass is 32.2. The molecule has 0 spiro atoms. The van der Waals surface area contributed by atoms with Gasteiger partial charge in [0.2, 0.25) is 11.8 Å². The van der Waals surface area contributed by atoms with Crippen LogP contribution >= 0.6 is 0 Å². The van der Waals surface area contributed by atoms with E-state index in [0.717, 1.165) is 0 Å². The van der Waals surface area contributed by atoms with Gasteiger partial charge >= 0.3 is 0 Å². The van der Waals surface area contributed by atoms with Crippen molar-refractivity contribution in [3.05, 3.63) is 42.1 Å². The van der Waals surface area contributed by atoms with Crippen LogP contribution < -0.4 is 0 Å². The quantitative estimate of drug-likeness (QED) is 0.858. The van der Waals surface area contributed by atoms with Gasteiger partial charge in [0.15, 0.2) is 9.84 Å². The molecule has 0 N–H and O–H groups in total. The van der Waals surface area contributed by atoms with Gasteiger partial charge in [-0.25, -0.2) is 8.42 Å². The minimum absolute atomic E-state index is 0.0704. The van der Waals surface area contributed by atoms with E-state index in [0.29, 0.717) is 18.7 Å². The molecule has 0 amide bonds. The minimum atomic E-state index is -3.70. The molecule has 3 rings (SSSR count). The van der Waals surface area contributed by atoms with Crippen LogP contribution in [-0.4, -0.2) is 24.4 Å². The van der Waals surface area contributed by atoms with Gasteiger partial charge in [-0.2, -0.15) is 0 Å². The second kappa shape index (κ2) is 5.64. The van der Waals surface area contributed by atoms with Crippen LogP contribution in [0.2, 0.25) is 0 Å². The minimum Gasteiger partial charge on any atom is -0.424 e. The molecule has 0 radical (unpaired) electrons. The van der Waals surface area contributed by atoms with Crippen LogP contribution in [0.4, 0.5) is 0 Å². The lowest BCUT2D eigenvalue weighted by Crippen LogP contribution is -2.21. The fraction of sp³-hybridized carbons (Fsp3) is 0.400. The monoisotopic (exact) mass is 320 g/mol. The third-order valence-corrected chi connectivity index (χ3v) is 6.09. The Morgan fingerprint density at radius 3 is 2.50 bits per heavy atom. The van der Waals surface area contributed by atoms with Crippen molar-refractivity contribution >= 4 is 15.6 Å². The molecule has 7 heteroatoms. The van der Waals surface area contributed by atoms with Crippen molar-refractivity contribution in [1.82, 2.24) is 10.2 Å². The fourth-order valence-electron chi connectivity index (χ4n) is 2.87. The summed E-state index contributed by atoms with van der Waals surface area (Å²) in [5.74, 6) is 0.140. The van der Waals surface area contributed by atoms with Crippen LogP contribution in [0.25, 0.3) is 0 Å². The summed E-state index contributed by atoms with van der Waals surface area (Å²) in [6.45, 7) is 1.61. The lowest BCUT2D eigenvalue weighted by atomic mass is 10.0. The van der Waals surface area contributed by atoms with Crippen molar-refractivity contribution in [2.45, 2.75) is 36.3 Å². The van der Waals surface area contributed by atoms with Crippen molar-refractivity contribution < 1.29 is 17.6 Å². The first-order valence-corrected chi connectivity index (χ1v) is 8.64. The summed E-state index contributed by atoms with van der Waals surface area (Å²) in [4.78, 5) is 11.8. The largest absolute Gasteiger partial charge is 0.424 e. The Labute approximate surface area is 128 Å². The standard InChI is InChI=1S/C15H16N2O4S/c1-10-16-17-15(21-10)14(11-7-8-12(18)9-11)22(19,20)13-5-3-2-4-6-13/h2-6,11,14H,7-9H2,1H3. The number of nitrogens with zero attached hydrogens (tertiary/aromatic N) is 2. The van der Waals surface area contributed by atoms with E-state index < -0.39 is 15.1 Å². The Kier molecular flexibility index (Phi) is 3.82. The van der Waals surface area contributed by atoms with Crippen LogP contribution in [0.15, 0.2) is 39.6 Å².